The van der Waals surface area contributed by atoms with Crippen LogP contribution in [0.5, 0.6) is 0 Å². The lowest BCUT2D eigenvalue weighted by Gasteiger charge is -2.34. The van der Waals surface area contributed by atoms with E-state index in [1.807, 2.05) is 23.4 Å². The molecule has 0 amide bonds. The van der Waals surface area contributed by atoms with E-state index in [2.05, 4.69) is 30.2 Å². The number of ether oxygens (including phenoxy) is 2. The summed E-state index contributed by atoms with van der Waals surface area (Å²) in [4.78, 5) is 7.51. The van der Waals surface area contributed by atoms with Gasteiger partial charge in [0.25, 0.3) is 0 Å². The van der Waals surface area contributed by atoms with E-state index in [4.69, 9.17) is 23.9 Å². The van der Waals surface area contributed by atoms with E-state index in [-0.39, 0.29) is 6.23 Å². The van der Waals surface area contributed by atoms with Crippen molar-refractivity contribution in [3.8, 4) is 11.4 Å². The van der Waals surface area contributed by atoms with Crippen LogP contribution in [0.4, 0.5) is 5.82 Å². The van der Waals surface area contributed by atoms with Crippen LogP contribution < -0.4 is 4.90 Å². The summed E-state index contributed by atoms with van der Waals surface area (Å²) in [5.74, 6) is 1.96. The molecule has 0 aliphatic carbocycles. The van der Waals surface area contributed by atoms with Gasteiger partial charge in [0.2, 0.25) is 0 Å². The maximum Gasteiger partial charge on any atom is 0.150 e. The number of aryl methyl sites for hydroxylation is 1. The van der Waals surface area contributed by atoms with Crippen LogP contribution in [-0.4, -0.2) is 57.8 Å². The molecule has 0 spiro atoms. The molecule has 2 fully saturated rings. The number of pyridine rings is 1. The molecule has 0 aromatic carbocycles. The van der Waals surface area contributed by atoms with E-state index in [1.165, 1.54) is 10.3 Å². The Morgan fingerprint density at radius 2 is 2.16 bits per heavy atom. The van der Waals surface area contributed by atoms with Crippen LogP contribution >= 0.6 is 23.3 Å². The van der Waals surface area contributed by atoms with E-state index >= 15 is 0 Å². The molecule has 31 heavy (non-hydrogen) atoms. The summed E-state index contributed by atoms with van der Waals surface area (Å²) in [6.45, 7) is 7.35. The number of morpholine rings is 1. The highest BCUT2D eigenvalue weighted by molar-refractivity contribution is 7.97. The van der Waals surface area contributed by atoms with Crippen LogP contribution in [0.25, 0.3) is 21.6 Å². The van der Waals surface area contributed by atoms with Crippen molar-refractivity contribution in [1.82, 2.24) is 19.1 Å². The Hall–Kier alpha value is -1.68. The number of thioether (sulfide) groups is 1. The van der Waals surface area contributed by atoms with Crippen molar-refractivity contribution in [2.75, 3.05) is 37.5 Å². The molecule has 0 bridgehead atoms. The molecule has 3 aromatic heterocycles. The number of rotatable bonds is 5. The molecular formula is C22H29N5O2S2. The molecule has 2 aliphatic heterocycles. The molecular weight excluding hydrogens is 430 g/mol. The second-order valence-electron chi connectivity index (χ2n) is 8.34. The van der Waals surface area contributed by atoms with Crippen molar-refractivity contribution >= 4 is 39.3 Å². The van der Waals surface area contributed by atoms with Crippen molar-refractivity contribution in [2.24, 2.45) is 0 Å². The van der Waals surface area contributed by atoms with Crippen LogP contribution in [0.3, 0.4) is 0 Å². The average Bonchev–Trinajstić information content (AvgIpc) is 3.38. The summed E-state index contributed by atoms with van der Waals surface area (Å²) in [5, 5.41) is 4.78. The Morgan fingerprint density at radius 3 is 2.94 bits per heavy atom. The van der Waals surface area contributed by atoms with Gasteiger partial charge in [-0.3, -0.25) is 0 Å². The number of anilines is 1. The molecule has 0 N–H and O–H groups in total. The van der Waals surface area contributed by atoms with Gasteiger partial charge in [-0.2, -0.15) is 21.2 Å². The summed E-state index contributed by atoms with van der Waals surface area (Å²) >= 11 is 3.38. The Kier molecular flexibility index (Phi) is 6.19. The molecule has 3 aromatic rings. The fraction of sp³-hybridized carbons (Fsp3) is 0.591. The molecule has 7 nitrogen and oxygen atoms in total. The Bertz CT molecular complexity index is 1060. The average molecular weight is 460 g/mol. The third kappa shape index (κ3) is 4.08. The van der Waals surface area contributed by atoms with Crippen LogP contribution in [0.1, 0.15) is 43.7 Å². The van der Waals surface area contributed by atoms with Gasteiger partial charge in [0, 0.05) is 18.9 Å². The zero-order valence-corrected chi connectivity index (χ0v) is 20.0. The quantitative estimate of drug-likeness (QED) is 0.550. The highest BCUT2D eigenvalue weighted by Crippen LogP contribution is 2.37. The fourth-order valence-electron chi connectivity index (χ4n) is 4.44. The lowest BCUT2D eigenvalue weighted by molar-refractivity contribution is -0.0385. The number of hydrogen-bond donors (Lipinski definition) is 0. The highest BCUT2D eigenvalue weighted by atomic mass is 32.2. The minimum Gasteiger partial charge on any atom is -0.377 e. The summed E-state index contributed by atoms with van der Waals surface area (Å²) in [6, 6.07) is 4.67. The van der Waals surface area contributed by atoms with Gasteiger partial charge in [0.1, 0.15) is 17.0 Å². The molecule has 2 atom stereocenters. The van der Waals surface area contributed by atoms with Gasteiger partial charge in [-0.1, -0.05) is 0 Å². The second-order valence-corrected chi connectivity index (χ2v) is 9.98. The highest BCUT2D eigenvalue weighted by Gasteiger charge is 2.26. The maximum absolute atomic E-state index is 6.05. The Balaban J connectivity index is 1.63. The normalized spacial score (nSPS) is 22.4. The summed E-state index contributed by atoms with van der Waals surface area (Å²) in [6.07, 6.45) is 5.38. The first-order chi connectivity index (χ1) is 15.2. The summed E-state index contributed by atoms with van der Waals surface area (Å²) in [7, 11) is 0. The predicted molar refractivity (Wildman–Crippen MR) is 127 cm³/mol. The van der Waals surface area contributed by atoms with Crippen molar-refractivity contribution in [3.63, 3.8) is 0 Å². The van der Waals surface area contributed by atoms with Gasteiger partial charge < -0.3 is 14.4 Å². The Morgan fingerprint density at radius 1 is 1.26 bits per heavy atom. The molecule has 0 radical (unpaired) electrons. The second kappa shape index (κ2) is 9.05. The molecule has 166 valence electrons. The summed E-state index contributed by atoms with van der Waals surface area (Å²) < 4.78 is 19.8. The number of hydrogen-bond acceptors (Lipinski definition) is 8. The largest absolute Gasteiger partial charge is 0.377 e. The van der Waals surface area contributed by atoms with Crippen LogP contribution in [-0.2, 0) is 15.2 Å². The van der Waals surface area contributed by atoms with Gasteiger partial charge in [-0.25, -0.2) is 9.67 Å². The first kappa shape index (κ1) is 21.2. The smallest absolute Gasteiger partial charge is 0.150 e. The van der Waals surface area contributed by atoms with Crippen LogP contribution in [0, 0.1) is 6.92 Å². The zero-order chi connectivity index (χ0) is 21.4. The summed E-state index contributed by atoms with van der Waals surface area (Å²) in [5.41, 5.74) is 5.17. The zero-order valence-electron chi connectivity index (χ0n) is 18.3. The molecule has 9 heteroatoms. The van der Waals surface area contributed by atoms with Crippen LogP contribution in [0.15, 0.2) is 12.1 Å². The van der Waals surface area contributed by atoms with Crippen molar-refractivity contribution in [3.05, 3.63) is 23.4 Å². The fourth-order valence-corrected chi connectivity index (χ4v) is 5.91. The number of nitrogens with zero attached hydrogens (tertiary/aromatic N) is 5. The first-order valence-electron chi connectivity index (χ1n) is 11.0. The monoisotopic (exact) mass is 459 g/mol. The van der Waals surface area contributed by atoms with E-state index in [1.54, 1.807) is 11.5 Å². The van der Waals surface area contributed by atoms with Crippen molar-refractivity contribution in [2.45, 2.75) is 51.1 Å². The molecule has 2 saturated heterocycles. The SMILES string of the molecule is CSCc1cc(N2CCOC[C@H]2C)nc2c(-c3cc(C)nn3C3CCCCO3)nsc12. The van der Waals surface area contributed by atoms with Gasteiger partial charge in [-0.15, -0.1) is 0 Å². The third-order valence-corrected chi connectivity index (χ3v) is 7.49. The van der Waals surface area contributed by atoms with E-state index in [9.17, 15) is 0 Å². The van der Waals surface area contributed by atoms with Gasteiger partial charge in [0.05, 0.1) is 35.3 Å². The van der Waals surface area contributed by atoms with E-state index in [0.29, 0.717) is 6.04 Å². The topological polar surface area (TPSA) is 65.3 Å². The van der Waals surface area contributed by atoms with Crippen molar-refractivity contribution < 1.29 is 9.47 Å². The van der Waals surface area contributed by atoms with E-state index in [0.717, 1.165) is 79.8 Å². The minimum atomic E-state index is -0.0256. The van der Waals surface area contributed by atoms with Crippen molar-refractivity contribution in [1.29, 1.82) is 0 Å². The number of aromatic nitrogens is 4. The maximum atomic E-state index is 6.05. The third-order valence-electron chi connectivity index (χ3n) is 5.98. The molecule has 5 heterocycles. The predicted octanol–water partition coefficient (Wildman–Crippen LogP) is 4.65. The standard InChI is InChI=1S/C22H29N5O2S2/c1-14-10-17(27(24-14)19-6-4-5-8-29-19)20-21-22(31-25-20)16(13-30-3)11-18(23-21)26-7-9-28-12-15(26)2/h10-11,15,19H,4-9,12-13H2,1-3H3/t15-,19?/m1/s1. The molecule has 2 aliphatic rings. The van der Waals surface area contributed by atoms with Crippen LogP contribution in [0.2, 0.25) is 0 Å². The number of fused-ring (bicyclic) bond motifs is 1. The minimum absolute atomic E-state index is 0.0256. The van der Waals surface area contributed by atoms with Gasteiger partial charge >= 0.3 is 0 Å². The lowest BCUT2D eigenvalue weighted by Crippen LogP contribution is -2.44. The molecule has 5 rings (SSSR count). The van der Waals surface area contributed by atoms with E-state index < -0.39 is 0 Å². The van der Waals surface area contributed by atoms with Gasteiger partial charge in [0.15, 0.2) is 6.23 Å². The molecule has 0 saturated carbocycles. The molecule has 1 unspecified atom stereocenters. The first-order valence-corrected chi connectivity index (χ1v) is 13.1. The lowest BCUT2D eigenvalue weighted by atomic mass is 10.1. The Labute approximate surface area is 191 Å². The van der Waals surface area contributed by atoms with Gasteiger partial charge in [-0.05, 0) is 68.6 Å².